The fraction of sp³-hybridized carbons (Fsp3) is 0.531. The minimum atomic E-state index is 0.0282. The molecule has 2 atom stereocenters. The minimum absolute atomic E-state index is 0.0282. The molecule has 3 aromatic rings. The van der Waals surface area contributed by atoms with Crippen LogP contribution < -0.4 is 11.1 Å². The van der Waals surface area contributed by atoms with Crippen LogP contribution in [-0.4, -0.2) is 22.6 Å². The Labute approximate surface area is 216 Å². The number of amides is 1. The topological polar surface area (TPSA) is 60.1 Å². The molecule has 1 heterocycles. The number of carbonyl (C=O) groups is 1. The third-order valence-electron chi connectivity index (χ3n) is 8.89. The molecule has 2 aliphatic rings. The summed E-state index contributed by atoms with van der Waals surface area (Å²) >= 11 is 0. The second kappa shape index (κ2) is 11.2. The SMILES string of the molecule is Cc1cccc([C@@H](CC(=O)NC2CCC(N)CC2)c2cn([C@H](C)C3CCCCC3)c3ccccc23)c1. The van der Waals surface area contributed by atoms with Gasteiger partial charge in [-0.2, -0.15) is 0 Å². The Hall–Kier alpha value is -2.59. The first-order chi connectivity index (χ1) is 17.5. The number of para-hydroxylation sites is 1. The van der Waals surface area contributed by atoms with Crippen molar-refractivity contribution in [1.29, 1.82) is 0 Å². The van der Waals surface area contributed by atoms with Crippen molar-refractivity contribution < 1.29 is 4.79 Å². The number of rotatable bonds is 7. The summed E-state index contributed by atoms with van der Waals surface area (Å²) in [6.45, 7) is 4.54. The van der Waals surface area contributed by atoms with E-state index in [-0.39, 0.29) is 23.9 Å². The van der Waals surface area contributed by atoms with Crippen LogP contribution in [0.2, 0.25) is 0 Å². The summed E-state index contributed by atoms with van der Waals surface area (Å²) < 4.78 is 2.52. The number of hydrogen-bond acceptors (Lipinski definition) is 2. The monoisotopic (exact) mass is 485 g/mol. The number of nitrogens with zero attached hydrogens (tertiary/aromatic N) is 1. The van der Waals surface area contributed by atoms with Gasteiger partial charge >= 0.3 is 0 Å². The lowest BCUT2D eigenvalue weighted by atomic mass is 9.84. The number of fused-ring (bicyclic) bond motifs is 1. The van der Waals surface area contributed by atoms with Crippen LogP contribution in [0.15, 0.2) is 54.7 Å². The summed E-state index contributed by atoms with van der Waals surface area (Å²) in [5.74, 6) is 0.903. The summed E-state index contributed by atoms with van der Waals surface area (Å²) in [6, 6.07) is 18.5. The highest BCUT2D eigenvalue weighted by Crippen LogP contribution is 2.40. The Kier molecular flexibility index (Phi) is 7.81. The van der Waals surface area contributed by atoms with E-state index < -0.39 is 0 Å². The van der Waals surface area contributed by atoms with Gasteiger partial charge in [-0.1, -0.05) is 67.3 Å². The van der Waals surface area contributed by atoms with Crippen LogP contribution in [-0.2, 0) is 4.79 Å². The highest BCUT2D eigenvalue weighted by Gasteiger charge is 2.28. The summed E-state index contributed by atoms with van der Waals surface area (Å²) in [6.07, 6.45) is 13.5. The second-order valence-electron chi connectivity index (χ2n) is 11.5. The van der Waals surface area contributed by atoms with E-state index in [1.807, 2.05) is 0 Å². The largest absolute Gasteiger partial charge is 0.353 e. The standard InChI is InChI=1S/C32H43N3O/c1-22-9-8-12-25(19-22)29(20-32(36)34-27-17-15-26(33)16-18-27)30-21-35(31-14-7-6-13-28(30)31)23(2)24-10-4-3-5-11-24/h6-9,12-14,19,21,23-24,26-27,29H,3-5,10-11,15-18,20,33H2,1-2H3,(H,34,36)/t23-,26?,27?,29-/m1/s1. The van der Waals surface area contributed by atoms with E-state index in [1.54, 1.807) is 0 Å². The van der Waals surface area contributed by atoms with Gasteiger partial charge in [-0.25, -0.2) is 0 Å². The lowest BCUT2D eigenvalue weighted by molar-refractivity contribution is -0.122. The lowest BCUT2D eigenvalue weighted by Gasteiger charge is -2.29. The van der Waals surface area contributed by atoms with Crippen molar-refractivity contribution in [3.63, 3.8) is 0 Å². The fourth-order valence-electron chi connectivity index (χ4n) is 6.72. The van der Waals surface area contributed by atoms with Gasteiger partial charge in [-0.3, -0.25) is 4.79 Å². The van der Waals surface area contributed by atoms with Gasteiger partial charge in [-0.15, -0.1) is 0 Å². The molecule has 0 unspecified atom stereocenters. The zero-order valence-electron chi connectivity index (χ0n) is 22.1. The number of benzene rings is 2. The van der Waals surface area contributed by atoms with Crippen LogP contribution in [0.25, 0.3) is 10.9 Å². The Morgan fingerprint density at radius 1 is 1.00 bits per heavy atom. The van der Waals surface area contributed by atoms with E-state index in [1.165, 1.54) is 59.7 Å². The third-order valence-corrected chi connectivity index (χ3v) is 8.89. The first-order valence-corrected chi connectivity index (χ1v) is 14.2. The molecule has 2 aliphatic carbocycles. The zero-order chi connectivity index (χ0) is 25.1. The molecule has 0 saturated heterocycles. The molecule has 2 saturated carbocycles. The van der Waals surface area contributed by atoms with Gasteiger partial charge in [0.2, 0.25) is 5.91 Å². The molecule has 1 amide bonds. The van der Waals surface area contributed by atoms with Crippen LogP contribution in [0.5, 0.6) is 0 Å². The fourth-order valence-corrected chi connectivity index (χ4v) is 6.72. The van der Waals surface area contributed by atoms with Crippen LogP contribution in [0.4, 0.5) is 0 Å². The van der Waals surface area contributed by atoms with Crippen LogP contribution >= 0.6 is 0 Å². The predicted molar refractivity (Wildman–Crippen MR) is 149 cm³/mol. The second-order valence-corrected chi connectivity index (χ2v) is 11.5. The van der Waals surface area contributed by atoms with Gasteiger partial charge in [-0.05, 0) is 75.5 Å². The Bertz CT molecular complexity index is 1170. The molecule has 192 valence electrons. The van der Waals surface area contributed by atoms with Crippen molar-refractivity contribution in [2.75, 3.05) is 0 Å². The smallest absolute Gasteiger partial charge is 0.221 e. The average molecular weight is 486 g/mol. The molecule has 0 radical (unpaired) electrons. The van der Waals surface area contributed by atoms with E-state index in [0.29, 0.717) is 12.5 Å². The average Bonchev–Trinajstić information content (AvgIpc) is 3.28. The van der Waals surface area contributed by atoms with Gasteiger partial charge < -0.3 is 15.6 Å². The number of nitrogens with one attached hydrogen (secondary N) is 1. The van der Waals surface area contributed by atoms with E-state index in [0.717, 1.165) is 31.6 Å². The molecule has 2 fully saturated rings. The van der Waals surface area contributed by atoms with Crippen molar-refractivity contribution >= 4 is 16.8 Å². The van der Waals surface area contributed by atoms with Crippen molar-refractivity contribution in [3.8, 4) is 0 Å². The maximum atomic E-state index is 13.4. The number of carbonyl (C=O) groups excluding carboxylic acids is 1. The van der Waals surface area contributed by atoms with Gasteiger partial charge in [0.15, 0.2) is 0 Å². The highest BCUT2D eigenvalue weighted by atomic mass is 16.1. The molecule has 0 aliphatic heterocycles. The molecular weight excluding hydrogens is 442 g/mol. The number of aryl methyl sites for hydroxylation is 1. The predicted octanol–water partition coefficient (Wildman–Crippen LogP) is 7.00. The molecule has 5 rings (SSSR count). The van der Waals surface area contributed by atoms with Crippen LogP contribution in [0.3, 0.4) is 0 Å². The minimum Gasteiger partial charge on any atom is -0.353 e. The molecule has 4 heteroatoms. The van der Waals surface area contributed by atoms with Gasteiger partial charge in [0.1, 0.15) is 0 Å². The molecule has 4 nitrogen and oxygen atoms in total. The summed E-state index contributed by atoms with van der Waals surface area (Å²) in [5, 5.41) is 4.63. The van der Waals surface area contributed by atoms with E-state index in [2.05, 4.69) is 78.5 Å². The normalized spacial score (nSPS) is 22.9. The maximum Gasteiger partial charge on any atom is 0.221 e. The highest BCUT2D eigenvalue weighted by molar-refractivity contribution is 5.87. The Balaban J connectivity index is 1.48. The molecule has 2 aromatic carbocycles. The first-order valence-electron chi connectivity index (χ1n) is 14.2. The Morgan fingerprint density at radius 3 is 2.50 bits per heavy atom. The van der Waals surface area contributed by atoms with Gasteiger partial charge in [0.05, 0.1) is 0 Å². The van der Waals surface area contributed by atoms with Crippen molar-refractivity contribution in [1.82, 2.24) is 9.88 Å². The molecular formula is C32H43N3O. The van der Waals surface area contributed by atoms with E-state index in [9.17, 15) is 4.79 Å². The van der Waals surface area contributed by atoms with Crippen LogP contribution in [0, 0.1) is 12.8 Å². The Morgan fingerprint density at radius 2 is 1.75 bits per heavy atom. The molecule has 3 N–H and O–H groups in total. The molecule has 1 aromatic heterocycles. The van der Waals surface area contributed by atoms with Crippen LogP contribution in [0.1, 0.15) is 99.8 Å². The van der Waals surface area contributed by atoms with Gasteiger partial charge in [0.25, 0.3) is 0 Å². The van der Waals surface area contributed by atoms with Crippen molar-refractivity contribution in [3.05, 3.63) is 71.4 Å². The molecule has 36 heavy (non-hydrogen) atoms. The molecule has 0 spiro atoms. The van der Waals surface area contributed by atoms with Gasteiger partial charge in [0, 0.05) is 47.6 Å². The summed E-state index contributed by atoms with van der Waals surface area (Å²) in [5.41, 5.74) is 11.1. The molecule has 0 bridgehead atoms. The maximum absolute atomic E-state index is 13.4. The first kappa shape index (κ1) is 25.1. The van der Waals surface area contributed by atoms with Crippen molar-refractivity contribution in [2.24, 2.45) is 11.7 Å². The summed E-state index contributed by atoms with van der Waals surface area (Å²) in [4.78, 5) is 13.4. The van der Waals surface area contributed by atoms with Crippen molar-refractivity contribution in [2.45, 2.75) is 102 Å². The van der Waals surface area contributed by atoms with E-state index >= 15 is 0 Å². The number of aromatic nitrogens is 1. The van der Waals surface area contributed by atoms with E-state index in [4.69, 9.17) is 5.73 Å². The number of nitrogens with two attached hydrogens (primary N) is 1. The summed E-state index contributed by atoms with van der Waals surface area (Å²) in [7, 11) is 0. The number of hydrogen-bond donors (Lipinski definition) is 2. The quantitative estimate of drug-likeness (QED) is 0.378. The third kappa shape index (κ3) is 5.54. The lowest BCUT2D eigenvalue weighted by Crippen LogP contribution is -2.40. The zero-order valence-corrected chi connectivity index (χ0v) is 22.1.